The van der Waals surface area contributed by atoms with Gasteiger partial charge in [0.15, 0.2) is 5.82 Å². The first kappa shape index (κ1) is 8.47. The summed E-state index contributed by atoms with van der Waals surface area (Å²) in [6, 6.07) is 5.34. The van der Waals surface area contributed by atoms with Crippen LogP contribution in [0, 0.1) is 0 Å². The Morgan fingerprint density at radius 3 is 2.77 bits per heavy atom. The molecular weight excluding hydrogens is 206 g/mol. The quantitative estimate of drug-likeness (QED) is 0.788. The summed E-state index contributed by atoms with van der Waals surface area (Å²) in [7, 11) is 0. The minimum absolute atomic E-state index is 0.467. The van der Waals surface area contributed by atoms with Crippen LogP contribution in [0.5, 0.6) is 0 Å². The van der Waals surface area contributed by atoms with E-state index in [4.69, 9.17) is 17.3 Å². The van der Waals surface area contributed by atoms with Gasteiger partial charge in [-0.25, -0.2) is 9.97 Å². The van der Waals surface area contributed by atoms with Gasteiger partial charge in [0, 0.05) is 6.20 Å². The molecule has 2 N–H and O–H groups in total. The van der Waals surface area contributed by atoms with Crippen molar-refractivity contribution in [3.63, 3.8) is 0 Å². The summed E-state index contributed by atoms with van der Waals surface area (Å²) in [5, 5.41) is 0. The van der Waals surface area contributed by atoms with Gasteiger partial charge in [0.25, 0.3) is 0 Å². The highest BCUT2D eigenvalue weighted by Crippen LogP contribution is 2.28. The molecule has 0 radical (unpaired) electrons. The van der Waals surface area contributed by atoms with E-state index in [0.717, 1.165) is 9.21 Å². The summed E-state index contributed by atoms with van der Waals surface area (Å²) >= 11 is 7.22. The summed E-state index contributed by atoms with van der Waals surface area (Å²) in [6.07, 6.45) is 1.63. The van der Waals surface area contributed by atoms with Crippen molar-refractivity contribution in [3.8, 4) is 10.7 Å². The van der Waals surface area contributed by atoms with Gasteiger partial charge >= 0.3 is 0 Å². The predicted molar refractivity (Wildman–Crippen MR) is 54.8 cm³/mol. The van der Waals surface area contributed by atoms with Crippen LogP contribution in [-0.4, -0.2) is 9.97 Å². The Morgan fingerprint density at radius 1 is 1.31 bits per heavy atom. The molecule has 0 bridgehead atoms. The number of aromatic nitrogens is 2. The molecule has 2 rings (SSSR count). The first-order chi connectivity index (χ1) is 6.25. The number of anilines is 1. The third kappa shape index (κ3) is 1.79. The van der Waals surface area contributed by atoms with Crippen LogP contribution in [0.25, 0.3) is 10.7 Å². The van der Waals surface area contributed by atoms with Crippen molar-refractivity contribution in [2.45, 2.75) is 0 Å². The summed E-state index contributed by atoms with van der Waals surface area (Å²) in [6.45, 7) is 0. The van der Waals surface area contributed by atoms with E-state index >= 15 is 0 Å². The Labute approximate surface area is 84.2 Å². The van der Waals surface area contributed by atoms with Crippen molar-refractivity contribution < 1.29 is 0 Å². The summed E-state index contributed by atoms with van der Waals surface area (Å²) in [4.78, 5) is 9.09. The first-order valence-electron chi connectivity index (χ1n) is 3.60. The molecule has 2 heterocycles. The van der Waals surface area contributed by atoms with Crippen LogP contribution in [0.3, 0.4) is 0 Å². The number of halogens is 1. The number of hydrogen-bond donors (Lipinski definition) is 1. The maximum atomic E-state index is 5.78. The predicted octanol–water partition coefficient (Wildman–Crippen LogP) is 2.44. The first-order valence-corrected chi connectivity index (χ1v) is 4.79. The molecule has 0 spiro atoms. The van der Waals surface area contributed by atoms with E-state index in [9.17, 15) is 0 Å². The summed E-state index contributed by atoms with van der Waals surface area (Å²) in [5.41, 5.74) is 5.52. The molecule has 3 nitrogen and oxygen atoms in total. The summed E-state index contributed by atoms with van der Waals surface area (Å²) in [5.74, 6) is 1.09. The van der Waals surface area contributed by atoms with Gasteiger partial charge in [-0.3, -0.25) is 0 Å². The molecule has 0 aromatic carbocycles. The largest absolute Gasteiger partial charge is 0.384 e. The van der Waals surface area contributed by atoms with E-state index in [2.05, 4.69) is 9.97 Å². The second kappa shape index (κ2) is 3.32. The minimum atomic E-state index is 0.467. The molecule has 0 aliphatic rings. The lowest BCUT2D eigenvalue weighted by Crippen LogP contribution is -1.92. The molecule has 0 aliphatic carbocycles. The fraction of sp³-hybridized carbons (Fsp3) is 0. The number of nitrogens with two attached hydrogens (primary N) is 1. The van der Waals surface area contributed by atoms with Crippen molar-refractivity contribution >= 4 is 28.8 Å². The number of rotatable bonds is 1. The van der Waals surface area contributed by atoms with Crippen LogP contribution in [0.1, 0.15) is 0 Å². The Hall–Kier alpha value is -1.13. The smallest absolute Gasteiger partial charge is 0.171 e. The van der Waals surface area contributed by atoms with E-state index in [-0.39, 0.29) is 0 Å². The fourth-order valence-corrected chi connectivity index (χ4v) is 1.91. The van der Waals surface area contributed by atoms with E-state index in [0.29, 0.717) is 11.6 Å². The Balaban J connectivity index is 2.46. The lowest BCUT2D eigenvalue weighted by Gasteiger charge is -1.95. The van der Waals surface area contributed by atoms with Crippen molar-refractivity contribution in [2.75, 3.05) is 5.73 Å². The molecule has 0 unspecified atom stereocenters. The van der Waals surface area contributed by atoms with Crippen LogP contribution in [0.2, 0.25) is 4.34 Å². The van der Waals surface area contributed by atoms with Gasteiger partial charge in [-0.2, -0.15) is 0 Å². The van der Waals surface area contributed by atoms with Crippen molar-refractivity contribution in [1.29, 1.82) is 0 Å². The van der Waals surface area contributed by atoms with Gasteiger partial charge in [-0.1, -0.05) is 11.6 Å². The van der Waals surface area contributed by atoms with Gasteiger partial charge in [0.2, 0.25) is 0 Å². The Kier molecular flexibility index (Phi) is 2.16. The SMILES string of the molecule is Nc1ccnc(-c2ccc(Cl)s2)n1. The number of hydrogen-bond acceptors (Lipinski definition) is 4. The average molecular weight is 212 g/mol. The van der Waals surface area contributed by atoms with Crippen molar-refractivity contribution in [3.05, 3.63) is 28.7 Å². The average Bonchev–Trinajstić information content (AvgIpc) is 2.52. The second-order valence-corrected chi connectivity index (χ2v) is 4.12. The zero-order chi connectivity index (χ0) is 9.26. The van der Waals surface area contributed by atoms with Gasteiger partial charge in [-0.05, 0) is 18.2 Å². The molecule has 0 saturated carbocycles. The monoisotopic (exact) mass is 211 g/mol. The highest BCUT2D eigenvalue weighted by atomic mass is 35.5. The van der Waals surface area contributed by atoms with Gasteiger partial charge < -0.3 is 5.73 Å². The zero-order valence-corrected chi connectivity index (χ0v) is 8.14. The Bertz CT molecular complexity index is 427. The van der Waals surface area contributed by atoms with Crippen LogP contribution < -0.4 is 5.73 Å². The number of nitrogens with zero attached hydrogens (tertiary/aromatic N) is 2. The third-order valence-electron chi connectivity index (χ3n) is 1.47. The summed E-state index contributed by atoms with van der Waals surface area (Å²) < 4.78 is 0.723. The third-order valence-corrected chi connectivity index (χ3v) is 2.70. The van der Waals surface area contributed by atoms with E-state index in [1.54, 1.807) is 12.3 Å². The van der Waals surface area contributed by atoms with Gasteiger partial charge in [-0.15, -0.1) is 11.3 Å². The lowest BCUT2D eigenvalue weighted by atomic mass is 10.4. The van der Waals surface area contributed by atoms with Crippen LogP contribution in [0.4, 0.5) is 5.82 Å². The molecule has 2 aromatic heterocycles. The molecular formula is C8H6ClN3S. The highest BCUT2D eigenvalue weighted by molar-refractivity contribution is 7.19. The topological polar surface area (TPSA) is 51.8 Å². The molecule has 0 atom stereocenters. The highest BCUT2D eigenvalue weighted by Gasteiger charge is 2.03. The molecule has 2 aromatic rings. The van der Waals surface area contributed by atoms with Crippen LogP contribution in [0.15, 0.2) is 24.4 Å². The van der Waals surface area contributed by atoms with Crippen molar-refractivity contribution in [2.24, 2.45) is 0 Å². The van der Waals surface area contributed by atoms with E-state index in [1.807, 2.05) is 12.1 Å². The second-order valence-electron chi connectivity index (χ2n) is 2.41. The van der Waals surface area contributed by atoms with Gasteiger partial charge in [0.05, 0.1) is 9.21 Å². The minimum Gasteiger partial charge on any atom is -0.384 e. The van der Waals surface area contributed by atoms with Crippen molar-refractivity contribution in [1.82, 2.24) is 9.97 Å². The van der Waals surface area contributed by atoms with Crippen LogP contribution >= 0.6 is 22.9 Å². The van der Waals surface area contributed by atoms with E-state index < -0.39 is 0 Å². The molecule has 0 aliphatic heterocycles. The zero-order valence-electron chi connectivity index (χ0n) is 6.57. The molecule has 66 valence electrons. The van der Waals surface area contributed by atoms with Crippen LogP contribution in [-0.2, 0) is 0 Å². The molecule has 0 amide bonds. The standard InChI is InChI=1S/C8H6ClN3S/c9-6-2-1-5(13-6)8-11-4-3-7(10)12-8/h1-4H,(H2,10,11,12). The lowest BCUT2D eigenvalue weighted by molar-refractivity contribution is 1.19. The fourth-order valence-electron chi connectivity index (χ4n) is 0.926. The normalized spacial score (nSPS) is 10.2. The maximum Gasteiger partial charge on any atom is 0.171 e. The Morgan fingerprint density at radius 2 is 2.15 bits per heavy atom. The molecule has 13 heavy (non-hydrogen) atoms. The van der Waals surface area contributed by atoms with E-state index in [1.165, 1.54) is 11.3 Å². The molecule has 0 fully saturated rings. The number of nitrogen functional groups attached to an aromatic ring is 1. The maximum absolute atomic E-state index is 5.78. The molecule has 0 saturated heterocycles. The molecule has 5 heteroatoms. The van der Waals surface area contributed by atoms with Gasteiger partial charge in [0.1, 0.15) is 5.82 Å². The number of thiophene rings is 1.